The Hall–Kier alpha value is -3.13. The zero-order valence-electron chi connectivity index (χ0n) is 13.3. The van der Waals surface area contributed by atoms with Gasteiger partial charge in [-0.25, -0.2) is 4.79 Å². The molecule has 3 N–H and O–H groups in total. The first-order valence-corrected chi connectivity index (χ1v) is 7.94. The van der Waals surface area contributed by atoms with Gasteiger partial charge in [0.15, 0.2) is 11.4 Å². The zero-order chi connectivity index (χ0) is 17.4. The molecule has 3 aromatic rings. The molecule has 1 aliphatic rings. The van der Waals surface area contributed by atoms with Crippen LogP contribution >= 0.6 is 0 Å². The molecule has 0 radical (unpaired) electrons. The summed E-state index contributed by atoms with van der Waals surface area (Å²) in [5.74, 6) is -1.57. The summed E-state index contributed by atoms with van der Waals surface area (Å²) in [6.07, 6.45) is 1.25. The maximum atomic E-state index is 12.4. The minimum atomic E-state index is -1.18. The van der Waals surface area contributed by atoms with Crippen LogP contribution in [0.25, 0.3) is 11.1 Å². The number of fused-ring (bicyclic) bond motifs is 1. The lowest BCUT2D eigenvalue weighted by Crippen LogP contribution is -2.36. The van der Waals surface area contributed by atoms with Gasteiger partial charge in [0, 0.05) is 18.2 Å². The van der Waals surface area contributed by atoms with Crippen LogP contribution in [0.2, 0.25) is 0 Å². The predicted octanol–water partition coefficient (Wildman–Crippen LogP) is 2.31. The summed E-state index contributed by atoms with van der Waals surface area (Å²) in [6, 6.07) is 8.72. The lowest BCUT2D eigenvalue weighted by Gasteiger charge is -2.30. The van der Waals surface area contributed by atoms with E-state index in [0.717, 1.165) is 25.2 Å². The number of rotatable bonds is 5. The Morgan fingerprint density at radius 3 is 2.68 bits per heavy atom. The molecule has 2 aromatic heterocycles. The van der Waals surface area contributed by atoms with E-state index < -0.39 is 5.97 Å². The van der Waals surface area contributed by atoms with Crippen molar-refractivity contribution in [2.24, 2.45) is 0 Å². The van der Waals surface area contributed by atoms with Crippen LogP contribution in [0.4, 0.5) is 5.82 Å². The topological polar surface area (TPSA) is 111 Å². The van der Waals surface area contributed by atoms with Gasteiger partial charge in [-0.1, -0.05) is 12.1 Å². The number of aromatic carboxylic acids is 1. The van der Waals surface area contributed by atoms with E-state index in [1.807, 2.05) is 12.1 Å². The highest BCUT2D eigenvalue weighted by Crippen LogP contribution is 2.24. The van der Waals surface area contributed by atoms with Crippen molar-refractivity contribution in [3.05, 3.63) is 47.2 Å². The quantitative estimate of drug-likeness (QED) is 0.657. The third-order valence-corrected chi connectivity index (χ3v) is 4.25. The van der Waals surface area contributed by atoms with E-state index in [4.69, 9.17) is 9.52 Å². The molecule has 1 fully saturated rings. The van der Waals surface area contributed by atoms with Gasteiger partial charge in [0.2, 0.25) is 5.76 Å². The molecule has 4 rings (SSSR count). The second-order valence-electron chi connectivity index (χ2n) is 6.01. The first kappa shape index (κ1) is 15.4. The van der Waals surface area contributed by atoms with Crippen LogP contribution in [-0.2, 0) is 6.54 Å². The molecule has 0 spiro atoms. The van der Waals surface area contributed by atoms with E-state index in [-0.39, 0.29) is 23.1 Å². The van der Waals surface area contributed by atoms with Crippen molar-refractivity contribution in [2.45, 2.75) is 13.0 Å². The van der Waals surface area contributed by atoms with Crippen molar-refractivity contribution >= 4 is 28.8 Å². The van der Waals surface area contributed by atoms with E-state index in [2.05, 4.69) is 20.4 Å². The fraction of sp³-hybridized carbons (Fsp3) is 0.235. The Kier molecular flexibility index (Phi) is 3.73. The summed E-state index contributed by atoms with van der Waals surface area (Å²) in [5.41, 5.74) is 2.28. The van der Waals surface area contributed by atoms with Crippen LogP contribution in [-0.4, -0.2) is 45.2 Å². The standard InChI is InChI=1S/C17H16N4O4/c22-16(11-4-2-10(3-5-11)9-21-6-1-7-21)18-15-14-12(19-20-15)8-13(25-14)17(23)24/h2-5,8H,1,6-7,9H2,(H,23,24)(H2,18,19,20,22). The van der Waals surface area contributed by atoms with Crippen molar-refractivity contribution in [2.75, 3.05) is 18.4 Å². The number of benzene rings is 1. The SMILES string of the molecule is O=C(Nc1n[nH]c2cc(C(=O)O)oc12)c1ccc(CN2CCC2)cc1. The van der Waals surface area contributed by atoms with E-state index in [9.17, 15) is 9.59 Å². The maximum absolute atomic E-state index is 12.4. The fourth-order valence-electron chi connectivity index (χ4n) is 2.75. The lowest BCUT2D eigenvalue weighted by molar-refractivity contribution is 0.0665. The van der Waals surface area contributed by atoms with Crippen molar-refractivity contribution in [3.63, 3.8) is 0 Å². The summed E-state index contributed by atoms with van der Waals surface area (Å²) < 4.78 is 5.21. The number of anilines is 1. The summed E-state index contributed by atoms with van der Waals surface area (Å²) in [5, 5.41) is 18.2. The van der Waals surface area contributed by atoms with Gasteiger partial charge in [-0.15, -0.1) is 0 Å². The van der Waals surface area contributed by atoms with Crippen molar-refractivity contribution in [1.29, 1.82) is 0 Å². The molecule has 8 nitrogen and oxygen atoms in total. The second-order valence-corrected chi connectivity index (χ2v) is 6.01. The fourth-order valence-corrected chi connectivity index (χ4v) is 2.75. The summed E-state index contributed by atoms with van der Waals surface area (Å²) >= 11 is 0. The molecule has 128 valence electrons. The molecule has 0 saturated carbocycles. The number of carbonyl (C=O) groups is 2. The van der Waals surface area contributed by atoms with E-state index in [1.165, 1.54) is 12.5 Å². The number of nitrogens with one attached hydrogen (secondary N) is 2. The third-order valence-electron chi connectivity index (χ3n) is 4.25. The number of aromatic amines is 1. The number of carbonyl (C=O) groups excluding carboxylic acids is 1. The maximum Gasteiger partial charge on any atom is 0.371 e. The average Bonchev–Trinajstić information content (AvgIpc) is 3.13. The van der Waals surface area contributed by atoms with Gasteiger partial charge in [0.25, 0.3) is 5.91 Å². The molecule has 1 aromatic carbocycles. The zero-order valence-corrected chi connectivity index (χ0v) is 13.3. The molecule has 3 heterocycles. The number of H-pyrrole nitrogens is 1. The Morgan fingerprint density at radius 1 is 1.28 bits per heavy atom. The molecule has 1 aliphatic heterocycles. The van der Waals surface area contributed by atoms with Crippen molar-refractivity contribution < 1.29 is 19.1 Å². The van der Waals surface area contributed by atoms with Crippen LogP contribution in [0.15, 0.2) is 34.7 Å². The smallest absolute Gasteiger partial charge is 0.371 e. The number of furan rings is 1. The molecule has 8 heteroatoms. The molecule has 1 amide bonds. The first-order valence-electron chi connectivity index (χ1n) is 7.94. The predicted molar refractivity (Wildman–Crippen MR) is 89.6 cm³/mol. The monoisotopic (exact) mass is 340 g/mol. The van der Waals surface area contributed by atoms with Crippen molar-refractivity contribution in [1.82, 2.24) is 15.1 Å². The van der Waals surface area contributed by atoms with Crippen LogP contribution in [0, 0.1) is 0 Å². The number of carboxylic acids is 1. The molecule has 1 saturated heterocycles. The minimum Gasteiger partial charge on any atom is -0.475 e. The van der Waals surface area contributed by atoms with Gasteiger partial charge in [-0.2, -0.15) is 5.10 Å². The molecule has 25 heavy (non-hydrogen) atoms. The van der Waals surface area contributed by atoms with Crippen molar-refractivity contribution in [3.8, 4) is 0 Å². The average molecular weight is 340 g/mol. The molecule has 0 bridgehead atoms. The lowest BCUT2D eigenvalue weighted by atomic mass is 10.1. The number of amides is 1. The van der Waals surface area contributed by atoms with Crippen LogP contribution in [0.5, 0.6) is 0 Å². The summed E-state index contributed by atoms with van der Waals surface area (Å²) in [4.78, 5) is 25.6. The van der Waals surface area contributed by atoms with Gasteiger partial charge in [-0.3, -0.25) is 14.8 Å². The highest BCUT2D eigenvalue weighted by molar-refractivity contribution is 6.07. The van der Waals surface area contributed by atoms with Gasteiger partial charge in [0.1, 0.15) is 5.52 Å². The molecule has 0 atom stereocenters. The number of likely N-dealkylation sites (tertiary alicyclic amines) is 1. The highest BCUT2D eigenvalue weighted by atomic mass is 16.4. The largest absolute Gasteiger partial charge is 0.475 e. The van der Waals surface area contributed by atoms with Gasteiger partial charge in [0.05, 0.1) is 0 Å². The molecule has 0 aliphatic carbocycles. The number of carboxylic acid groups (broad SMARTS) is 1. The van der Waals surface area contributed by atoms with Crippen LogP contribution in [0.1, 0.15) is 32.9 Å². The minimum absolute atomic E-state index is 0.164. The number of hydrogen-bond donors (Lipinski definition) is 3. The Labute approximate surface area is 142 Å². The number of hydrogen-bond acceptors (Lipinski definition) is 5. The number of nitrogens with zero attached hydrogens (tertiary/aromatic N) is 2. The first-order chi connectivity index (χ1) is 12.1. The second kappa shape index (κ2) is 6.06. The Balaban J connectivity index is 1.48. The summed E-state index contributed by atoms with van der Waals surface area (Å²) in [7, 11) is 0. The van der Waals surface area contributed by atoms with Gasteiger partial charge >= 0.3 is 5.97 Å². The van der Waals surface area contributed by atoms with E-state index in [1.54, 1.807) is 12.1 Å². The molecular formula is C17H16N4O4. The van der Waals surface area contributed by atoms with Crippen LogP contribution in [0.3, 0.4) is 0 Å². The molecule has 0 unspecified atom stereocenters. The summed E-state index contributed by atoms with van der Waals surface area (Å²) in [6.45, 7) is 3.14. The Bertz CT molecular complexity index is 937. The van der Waals surface area contributed by atoms with Crippen LogP contribution < -0.4 is 5.32 Å². The van der Waals surface area contributed by atoms with E-state index >= 15 is 0 Å². The van der Waals surface area contributed by atoms with Gasteiger partial charge < -0.3 is 14.8 Å². The normalized spacial score (nSPS) is 14.4. The highest BCUT2D eigenvalue weighted by Gasteiger charge is 2.18. The third kappa shape index (κ3) is 2.99. The molecular weight excluding hydrogens is 324 g/mol. The number of aromatic nitrogens is 2. The van der Waals surface area contributed by atoms with E-state index in [0.29, 0.717) is 11.1 Å². The van der Waals surface area contributed by atoms with Gasteiger partial charge in [-0.05, 0) is 37.2 Å². The Morgan fingerprint density at radius 2 is 2.04 bits per heavy atom.